The van der Waals surface area contributed by atoms with Crippen LogP contribution in [0.2, 0.25) is 0 Å². The van der Waals surface area contributed by atoms with Crippen LogP contribution in [-0.2, 0) is 14.3 Å². The molecule has 0 aromatic heterocycles. The molecule has 0 aromatic rings. The van der Waals surface area contributed by atoms with Gasteiger partial charge in [-0.15, -0.1) is 0 Å². The zero-order valence-corrected chi connectivity index (χ0v) is 9.49. The monoisotopic (exact) mass is 202 g/mol. The molecule has 2 atom stereocenters. The van der Waals surface area contributed by atoms with Crippen LogP contribution in [0.1, 0.15) is 46.5 Å². The van der Waals surface area contributed by atoms with Gasteiger partial charge >= 0.3 is 0 Å². The molecule has 1 heterocycles. The molecule has 3 nitrogen and oxygen atoms in total. The lowest BCUT2D eigenvalue weighted by Crippen LogP contribution is -2.30. The Bertz CT molecular complexity index is 136. The molecule has 84 valence electrons. The van der Waals surface area contributed by atoms with Gasteiger partial charge in [-0.2, -0.15) is 0 Å². The fraction of sp³-hybridized carbons (Fsp3) is 0.909. The van der Waals surface area contributed by atoms with E-state index in [2.05, 4.69) is 11.7 Å². The van der Waals surface area contributed by atoms with Crippen molar-refractivity contribution < 1.29 is 14.3 Å². The molecule has 0 spiro atoms. The van der Waals surface area contributed by atoms with Crippen LogP contribution >= 0.6 is 0 Å². The van der Waals surface area contributed by atoms with Crippen molar-refractivity contribution in [3.8, 4) is 0 Å². The summed E-state index contributed by atoms with van der Waals surface area (Å²) in [5.74, 6) is 0. The van der Waals surface area contributed by atoms with Gasteiger partial charge in [-0.3, -0.25) is 4.79 Å². The van der Waals surface area contributed by atoms with E-state index >= 15 is 0 Å². The number of carbonyl (C=O) groups excluding carboxylic acids is 1. The van der Waals surface area contributed by atoms with Crippen molar-refractivity contribution in [1.82, 2.24) is 0 Å². The highest BCUT2D eigenvalue weighted by Gasteiger charge is 2.20. The number of hydrogen-bond acceptors (Lipinski definition) is 3. The highest BCUT2D eigenvalue weighted by Crippen LogP contribution is 2.20. The fourth-order valence-corrected chi connectivity index (χ4v) is 1.55. The van der Waals surface area contributed by atoms with Crippen molar-refractivity contribution in [2.75, 3.05) is 6.61 Å². The van der Waals surface area contributed by atoms with Gasteiger partial charge in [0.2, 0.25) is 0 Å². The van der Waals surface area contributed by atoms with E-state index in [1.54, 1.807) is 0 Å². The quantitative estimate of drug-likeness (QED) is 0.657. The minimum absolute atomic E-state index is 0.133. The van der Waals surface area contributed by atoms with E-state index in [1.165, 1.54) is 6.42 Å². The lowest BCUT2D eigenvalue weighted by atomic mass is 10.0. The molecule has 1 fully saturated rings. The first kappa shape index (κ1) is 13.4. The zero-order chi connectivity index (χ0) is 10.8. The summed E-state index contributed by atoms with van der Waals surface area (Å²) in [6.07, 6.45) is 4.91. The number of carbonyl (C=O) groups is 1. The van der Waals surface area contributed by atoms with Crippen molar-refractivity contribution in [2.24, 2.45) is 0 Å². The molecule has 1 rings (SSSR count). The van der Waals surface area contributed by atoms with Gasteiger partial charge in [0.05, 0.1) is 12.2 Å². The van der Waals surface area contributed by atoms with Crippen LogP contribution in [0.4, 0.5) is 0 Å². The minimum Gasteiger partial charge on any atom is -0.465 e. The fourth-order valence-electron chi connectivity index (χ4n) is 1.55. The Labute approximate surface area is 86.8 Å². The Morgan fingerprint density at radius 2 is 2.00 bits per heavy atom. The molecule has 0 saturated carbocycles. The van der Waals surface area contributed by atoms with E-state index in [4.69, 9.17) is 4.74 Å². The summed E-state index contributed by atoms with van der Waals surface area (Å²) in [5.41, 5.74) is 0. The third kappa shape index (κ3) is 5.22. The van der Waals surface area contributed by atoms with E-state index in [1.807, 2.05) is 13.8 Å². The predicted octanol–water partition coefficient (Wildman–Crippen LogP) is 2.53. The van der Waals surface area contributed by atoms with Crippen LogP contribution < -0.4 is 0 Å². The highest BCUT2D eigenvalue weighted by atomic mass is 16.6. The Kier molecular flexibility index (Phi) is 8.64. The number of rotatable bonds is 4. The molecule has 3 heteroatoms. The standard InChI is InChI=1S/C9H16O3.C2H6/c1-2-8-4-3-5-9(12-8)6-11-7-10;1-2/h7-9H,2-6H2,1H3;1-2H3. The van der Waals surface area contributed by atoms with Crippen LogP contribution in [0, 0.1) is 0 Å². The van der Waals surface area contributed by atoms with Gasteiger partial charge in [-0.25, -0.2) is 0 Å². The van der Waals surface area contributed by atoms with Crippen LogP contribution in [0.5, 0.6) is 0 Å². The maximum Gasteiger partial charge on any atom is 0.293 e. The summed E-state index contributed by atoms with van der Waals surface area (Å²) in [7, 11) is 0. The molecule has 1 aliphatic rings. The second-order valence-electron chi connectivity index (χ2n) is 3.15. The second-order valence-corrected chi connectivity index (χ2v) is 3.15. The summed E-state index contributed by atoms with van der Waals surface area (Å²) in [4.78, 5) is 9.92. The largest absolute Gasteiger partial charge is 0.465 e. The van der Waals surface area contributed by atoms with Gasteiger partial charge in [0, 0.05) is 0 Å². The summed E-state index contributed by atoms with van der Waals surface area (Å²) in [6, 6.07) is 0. The third-order valence-electron chi connectivity index (χ3n) is 2.24. The van der Waals surface area contributed by atoms with Gasteiger partial charge < -0.3 is 9.47 Å². The lowest BCUT2D eigenvalue weighted by molar-refractivity contribution is -0.137. The Morgan fingerprint density at radius 1 is 1.36 bits per heavy atom. The predicted molar refractivity (Wildman–Crippen MR) is 56.2 cm³/mol. The Balaban J connectivity index is 0.000000791. The molecule has 2 unspecified atom stereocenters. The SMILES string of the molecule is CC.CCC1CCCC(COC=O)O1. The van der Waals surface area contributed by atoms with Crippen molar-refractivity contribution in [2.45, 2.75) is 58.7 Å². The van der Waals surface area contributed by atoms with Gasteiger partial charge in [-0.1, -0.05) is 20.8 Å². The molecule has 0 amide bonds. The van der Waals surface area contributed by atoms with Crippen LogP contribution in [0.15, 0.2) is 0 Å². The zero-order valence-electron chi connectivity index (χ0n) is 9.49. The van der Waals surface area contributed by atoms with Crippen LogP contribution in [-0.4, -0.2) is 25.3 Å². The normalized spacial score (nSPS) is 25.9. The molecule has 1 saturated heterocycles. The molecule has 14 heavy (non-hydrogen) atoms. The highest BCUT2D eigenvalue weighted by molar-refractivity contribution is 5.36. The van der Waals surface area contributed by atoms with E-state index in [9.17, 15) is 4.79 Å². The Morgan fingerprint density at radius 3 is 2.57 bits per heavy atom. The van der Waals surface area contributed by atoms with Gasteiger partial charge in [-0.05, 0) is 25.7 Å². The second kappa shape index (κ2) is 9.00. The van der Waals surface area contributed by atoms with E-state index in [0.29, 0.717) is 19.2 Å². The average Bonchev–Trinajstić information content (AvgIpc) is 2.29. The maximum absolute atomic E-state index is 9.92. The maximum atomic E-state index is 9.92. The third-order valence-corrected chi connectivity index (χ3v) is 2.24. The molecule has 0 radical (unpaired) electrons. The van der Waals surface area contributed by atoms with Crippen LogP contribution in [0.25, 0.3) is 0 Å². The lowest BCUT2D eigenvalue weighted by Gasteiger charge is -2.28. The van der Waals surface area contributed by atoms with E-state index in [0.717, 1.165) is 19.3 Å². The first-order valence-electron chi connectivity index (χ1n) is 5.57. The summed E-state index contributed by atoms with van der Waals surface area (Å²) < 4.78 is 10.3. The summed E-state index contributed by atoms with van der Waals surface area (Å²) in [6.45, 7) is 7.02. The molecule has 0 aliphatic carbocycles. The molecule has 1 aliphatic heterocycles. The summed E-state index contributed by atoms with van der Waals surface area (Å²) in [5, 5.41) is 0. The molecule has 0 N–H and O–H groups in total. The smallest absolute Gasteiger partial charge is 0.293 e. The number of ether oxygens (including phenoxy) is 2. The van der Waals surface area contributed by atoms with Gasteiger partial charge in [0.25, 0.3) is 6.47 Å². The first-order valence-corrected chi connectivity index (χ1v) is 5.57. The summed E-state index contributed by atoms with van der Waals surface area (Å²) >= 11 is 0. The van der Waals surface area contributed by atoms with Crippen molar-refractivity contribution in [3.63, 3.8) is 0 Å². The van der Waals surface area contributed by atoms with Crippen molar-refractivity contribution in [3.05, 3.63) is 0 Å². The van der Waals surface area contributed by atoms with E-state index in [-0.39, 0.29) is 6.10 Å². The first-order chi connectivity index (χ1) is 6.86. The van der Waals surface area contributed by atoms with Crippen molar-refractivity contribution in [1.29, 1.82) is 0 Å². The Hall–Kier alpha value is -0.570. The van der Waals surface area contributed by atoms with Gasteiger partial charge in [0.15, 0.2) is 0 Å². The van der Waals surface area contributed by atoms with Gasteiger partial charge in [0.1, 0.15) is 6.61 Å². The van der Waals surface area contributed by atoms with Crippen molar-refractivity contribution >= 4 is 6.47 Å². The molecule has 0 bridgehead atoms. The average molecular weight is 202 g/mol. The topological polar surface area (TPSA) is 35.5 Å². The number of hydrogen-bond donors (Lipinski definition) is 0. The van der Waals surface area contributed by atoms with E-state index < -0.39 is 0 Å². The molecular formula is C11H22O3. The molecular weight excluding hydrogens is 180 g/mol. The molecule has 0 aromatic carbocycles. The van der Waals surface area contributed by atoms with Crippen LogP contribution in [0.3, 0.4) is 0 Å². The minimum atomic E-state index is 0.133.